The molecule has 0 unspecified atom stereocenters. The van der Waals surface area contributed by atoms with Gasteiger partial charge in [0, 0.05) is 12.1 Å². The van der Waals surface area contributed by atoms with Gasteiger partial charge >= 0.3 is 6.03 Å². The first-order chi connectivity index (χ1) is 11.6. The number of hydrogen-bond donors (Lipinski definition) is 3. The lowest BCUT2D eigenvalue weighted by atomic mass is 9.53. The number of rotatable bonds is 8. The third-order valence-corrected chi connectivity index (χ3v) is 6.10. The third-order valence-electron chi connectivity index (χ3n) is 6.10. The van der Waals surface area contributed by atoms with Gasteiger partial charge in [0.2, 0.25) is 0 Å². The molecule has 24 heavy (non-hydrogen) atoms. The highest BCUT2D eigenvalue weighted by Crippen LogP contribution is 2.55. The Bertz CT molecular complexity index is 443. The van der Waals surface area contributed by atoms with Crippen molar-refractivity contribution in [3.8, 4) is 0 Å². The molecule has 0 saturated heterocycles. The van der Waals surface area contributed by atoms with Gasteiger partial charge in [-0.05, 0) is 75.5 Å². The van der Waals surface area contributed by atoms with Crippen molar-refractivity contribution in [3.05, 3.63) is 11.9 Å². The normalized spacial score (nSPS) is 34.4. The van der Waals surface area contributed by atoms with E-state index in [4.69, 9.17) is 5.11 Å². The van der Waals surface area contributed by atoms with Crippen LogP contribution in [0.4, 0.5) is 9.18 Å². The van der Waals surface area contributed by atoms with Gasteiger partial charge in [0.05, 0.1) is 6.61 Å². The monoisotopic (exact) mass is 338 g/mol. The van der Waals surface area contributed by atoms with Crippen LogP contribution in [-0.4, -0.2) is 29.8 Å². The standard InChI is InChI=1S/C19H31FN2O2/c20-17(13-23)5-3-1-2-4-6-21-18(24)22-19-10-14-7-15(11-19)9-16(8-14)12-19/h5,14-16,23H,1-4,6-13H2,(H2,21,22,24)/b17-5+. The number of carbonyl (C=O) groups excluding carboxylic acids is 1. The summed E-state index contributed by atoms with van der Waals surface area (Å²) in [5, 5.41) is 14.9. The molecule has 0 aliphatic heterocycles. The Morgan fingerprint density at radius 1 is 1.08 bits per heavy atom. The van der Waals surface area contributed by atoms with Crippen molar-refractivity contribution in [1.29, 1.82) is 0 Å². The SMILES string of the molecule is O=C(NCCCCC/C=C(/F)CO)NC12CC3CC(CC(C3)C1)C2. The number of unbranched alkanes of at least 4 members (excludes halogenated alkanes) is 3. The molecular weight excluding hydrogens is 307 g/mol. The molecular formula is C19H31FN2O2. The Kier molecular flexibility index (Phi) is 5.80. The van der Waals surface area contributed by atoms with E-state index in [1.54, 1.807) is 0 Å². The molecule has 0 aromatic carbocycles. The molecule has 5 heteroatoms. The zero-order valence-electron chi connectivity index (χ0n) is 14.5. The van der Waals surface area contributed by atoms with Crippen LogP contribution in [0.25, 0.3) is 0 Å². The van der Waals surface area contributed by atoms with Gasteiger partial charge in [-0.15, -0.1) is 0 Å². The lowest BCUT2D eigenvalue weighted by Crippen LogP contribution is -2.61. The number of allylic oxidation sites excluding steroid dienone is 1. The highest BCUT2D eigenvalue weighted by Gasteiger charge is 2.51. The van der Waals surface area contributed by atoms with Crippen molar-refractivity contribution in [2.45, 2.75) is 69.7 Å². The van der Waals surface area contributed by atoms with E-state index < -0.39 is 12.4 Å². The maximum absolute atomic E-state index is 12.7. The van der Waals surface area contributed by atoms with Crippen LogP contribution in [0.5, 0.6) is 0 Å². The van der Waals surface area contributed by atoms with Crippen molar-refractivity contribution in [2.75, 3.05) is 13.2 Å². The lowest BCUT2D eigenvalue weighted by Gasteiger charge is -2.56. The van der Waals surface area contributed by atoms with E-state index in [0.29, 0.717) is 13.0 Å². The van der Waals surface area contributed by atoms with Crippen LogP contribution in [0.2, 0.25) is 0 Å². The minimum atomic E-state index is -0.508. The molecule has 0 aromatic heterocycles. The molecule has 2 amide bonds. The summed E-state index contributed by atoms with van der Waals surface area (Å²) in [6.45, 7) is 0.163. The summed E-state index contributed by atoms with van der Waals surface area (Å²) in [7, 11) is 0. The second-order valence-electron chi connectivity index (χ2n) is 8.24. The van der Waals surface area contributed by atoms with E-state index in [-0.39, 0.29) is 11.6 Å². The van der Waals surface area contributed by atoms with Crippen molar-refractivity contribution >= 4 is 6.03 Å². The molecule has 4 aliphatic carbocycles. The van der Waals surface area contributed by atoms with Crippen LogP contribution >= 0.6 is 0 Å². The van der Waals surface area contributed by atoms with Gasteiger partial charge in [0.1, 0.15) is 5.83 Å². The smallest absolute Gasteiger partial charge is 0.315 e. The average Bonchev–Trinajstić information content (AvgIpc) is 2.51. The Morgan fingerprint density at radius 3 is 2.29 bits per heavy atom. The van der Waals surface area contributed by atoms with Crippen LogP contribution in [0, 0.1) is 17.8 Å². The number of aliphatic hydroxyl groups is 1. The van der Waals surface area contributed by atoms with Gasteiger partial charge in [-0.1, -0.05) is 12.5 Å². The van der Waals surface area contributed by atoms with Crippen LogP contribution in [0.3, 0.4) is 0 Å². The molecule has 0 heterocycles. The predicted octanol–water partition coefficient (Wildman–Crippen LogP) is 3.66. The third kappa shape index (κ3) is 4.50. The fourth-order valence-electron chi connectivity index (χ4n) is 5.52. The summed E-state index contributed by atoms with van der Waals surface area (Å²) >= 11 is 0. The molecule has 0 spiro atoms. The Hall–Kier alpha value is -1.10. The minimum absolute atomic E-state index is 0.0110. The molecule has 136 valence electrons. The summed E-state index contributed by atoms with van der Waals surface area (Å²) in [5.74, 6) is 2.06. The van der Waals surface area contributed by atoms with Gasteiger partial charge in [-0.3, -0.25) is 0 Å². The number of carbonyl (C=O) groups is 1. The predicted molar refractivity (Wildman–Crippen MR) is 92.2 cm³/mol. The molecule has 4 nitrogen and oxygen atoms in total. The van der Waals surface area contributed by atoms with Gasteiger partial charge in [-0.2, -0.15) is 0 Å². The zero-order chi connectivity index (χ0) is 17.0. The molecule has 0 atom stereocenters. The van der Waals surface area contributed by atoms with Crippen molar-refractivity contribution < 1.29 is 14.3 Å². The largest absolute Gasteiger partial charge is 0.389 e. The van der Waals surface area contributed by atoms with E-state index in [2.05, 4.69) is 10.6 Å². The Labute approximate surface area is 144 Å². The highest BCUT2D eigenvalue weighted by atomic mass is 19.1. The first kappa shape index (κ1) is 17.7. The molecule has 4 fully saturated rings. The number of hydrogen-bond acceptors (Lipinski definition) is 2. The average molecular weight is 338 g/mol. The first-order valence-corrected chi connectivity index (χ1v) is 9.60. The Balaban J connectivity index is 1.31. The van der Waals surface area contributed by atoms with E-state index in [1.807, 2.05) is 0 Å². The lowest BCUT2D eigenvalue weighted by molar-refractivity contribution is -0.0135. The first-order valence-electron chi connectivity index (χ1n) is 9.60. The molecule has 4 saturated carbocycles. The zero-order valence-corrected chi connectivity index (χ0v) is 14.5. The molecule has 3 N–H and O–H groups in total. The van der Waals surface area contributed by atoms with E-state index in [1.165, 1.54) is 44.6 Å². The van der Waals surface area contributed by atoms with Gasteiger partial charge in [0.15, 0.2) is 0 Å². The van der Waals surface area contributed by atoms with Crippen molar-refractivity contribution in [3.63, 3.8) is 0 Å². The number of aliphatic hydroxyl groups excluding tert-OH is 1. The summed E-state index contributed by atoms with van der Waals surface area (Å²) in [5.41, 5.74) is 0.0749. The number of nitrogens with one attached hydrogen (secondary N) is 2. The van der Waals surface area contributed by atoms with E-state index in [9.17, 15) is 9.18 Å². The van der Waals surface area contributed by atoms with Gasteiger partial charge < -0.3 is 15.7 Å². The summed E-state index contributed by atoms with van der Waals surface area (Å²) < 4.78 is 12.7. The topological polar surface area (TPSA) is 61.4 Å². The fourth-order valence-corrected chi connectivity index (χ4v) is 5.52. The number of amides is 2. The summed E-state index contributed by atoms with van der Waals surface area (Å²) in [4.78, 5) is 12.2. The molecule has 4 bridgehead atoms. The van der Waals surface area contributed by atoms with Gasteiger partial charge in [-0.25, -0.2) is 9.18 Å². The quantitative estimate of drug-likeness (QED) is 0.592. The second kappa shape index (κ2) is 7.85. The van der Waals surface area contributed by atoms with E-state index >= 15 is 0 Å². The molecule has 4 rings (SSSR count). The molecule has 0 radical (unpaired) electrons. The number of urea groups is 1. The Morgan fingerprint density at radius 2 is 1.71 bits per heavy atom. The van der Waals surface area contributed by atoms with Crippen LogP contribution < -0.4 is 10.6 Å². The van der Waals surface area contributed by atoms with Crippen molar-refractivity contribution in [1.82, 2.24) is 10.6 Å². The second-order valence-corrected chi connectivity index (χ2v) is 8.24. The summed E-state index contributed by atoms with van der Waals surface area (Å²) in [6.07, 6.45) is 12.5. The maximum Gasteiger partial charge on any atom is 0.315 e. The van der Waals surface area contributed by atoms with Gasteiger partial charge in [0.25, 0.3) is 0 Å². The summed E-state index contributed by atoms with van der Waals surface area (Å²) in [6, 6.07) is -0.0110. The molecule has 4 aliphatic rings. The maximum atomic E-state index is 12.7. The fraction of sp³-hybridized carbons (Fsp3) is 0.842. The highest BCUT2D eigenvalue weighted by molar-refractivity contribution is 5.74. The van der Waals surface area contributed by atoms with Crippen molar-refractivity contribution in [2.24, 2.45) is 17.8 Å². The molecule has 0 aromatic rings. The van der Waals surface area contributed by atoms with Crippen LogP contribution in [0.1, 0.15) is 64.2 Å². The van der Waals surface area contributed by atoms with Crippen LogP contribution in [-0.2, 0) is 0 Å². The van der Waals surface area contributed by atoms with E-state index in [0.717, 1.165) is 37.0 Å². The number of halogens is 1. The van der Waals surface area contributed by atoms with Crippen LogP contribution in [0.15, 0.2) is 11.9 Å². The minimum Gasteiger partial charge on any atom is -0.389 e.